The number of ether oxygens (including phenoxy) is 4. The number of likely N-dealkylation sites (N-methyl/N-ethyl adjacent to an activating group) is 1. The van der Waals surface area contributed by atoms with Crippen LogP contribution in [0.5, 0.6) is 0 Å². The van der Waals surface area contributed by atoms with E-state index in [1.165, 1.54) is 64.2 Å². The highest BCUT2D eigenvalue weighted by molar-refractivity contribution is 5.70. The van der Waals surface area contributed by atoms with E-state index in [9.17, 15) is 19.5 Å². The molecule has 0 rings (SSSR count). The van der Waals surface area contributed by atoms with Crippen molar-refractivity contribution in [2.75, 3.05) is 47.5 Å². The monoisotopic (exact) mass is 750 g/mol. The number of esters is 2. The van der Waals surface area contributed by atoms with Crippen LogP contribution in [0.25, 0.3) is 0 Å². The fourth-order valence-electron chi connectivity index (χ4n) is 5.54. The molecule has 0 aromatic heterocycles. The second kappa shape index (κ2) is 36.5. The number of carbonyl (C=O) groups is 3. The Bertz CT molecular complexity index is 971. The van der Waals surface area contributed by atoms with Crippen molar-refractivity contribution in [3.63, 3.8) is 0 Å². The van der Waals surface area contributed by atoms with Crippen LogP contribution in [0.4, 0.5) is 0 Å². The largest absolute Gasteiger partial charge is 0.545 e. The smallest absolute Gasteiger partial charge is 0.306 e. The number of carboxylic acid groups (broad SMARTS) is 1. The van der Waals surface area contributed by atoms with Crippen molar-refractivity contribution in [1.29, 1.82) is 0 Å². The van der Waals surface area contributed by atoms with Crippen LogP contribution < -0.4 is 5.11 Å². The summed E-state index contributed by atoms with van der Waals surface area (Å²) in [5, 5.41) is 11.6. The maximum atomic E-state index is 12.7. The number of nitrogens with zero attached hydrogens (tertiary/aromatic N) is 1. The van der Waals surface area contributed by atoms with E-state index in [0.29, 0.717) is 17.4 Å². The fraction of sp³-hybridized carbons (Fsp3) is 0.795. The molecule has 0 aromatic rings. The Labute approximate surface area is 324 Å². The molecule has 0 aliphatic heterocycles. The zero-order chi connectivity index (χ0) is 39.3. The molecule has 0 radical (unpaired) electrons. The van der Waals surface area contributed by atoms with Crippen LogP contribution in [0.3, 0.4) is 0 Å². The van der Waals surface area contributed by atoms with Gasteiger partial charge in [0.15, 0.2) is 12.4 Å². The predicted octanol–water partition coefficient (Wildman–Crippen LogP) is 9.33. The number of allylic oxidation sites excluding steroid dienone is 6. The van der Waals surface area contributed by atoms with Gasteiger partial charge in [-0.2, -0.15) is 0 Å². The van der Waals surface area contributed by atoms with E-state index >= 15 is 0 Å². The fourth-order valence-corrected chi connectivity index (χ4v) is 5.54. The van der Waals surface area contributed by atoms with Crippen LogP contribution in [0.15, 0.2) is 36.5 Å². The van der Waals surface area contributed by atoms with Crippen molar-refractivity contribution in [2.45, 2.75) is 180 Å². The van der Waals surface area contributed by atoms with E-state index in [0.717, 1.165) is 70.6 Å². The quantitative estimate of drug-likeness (QED) is 0.0202. The maximum absolute atomic E-state index is 12.7. The van der Waals surface area contributed by atoms with Gasteiger partial charge in [0.1, 0.15) is 13.2 Å². The summed E-state index contributed by atoms with van der Waals surface area (Å²) in [6.45, 7) is 4.65. The highest BCUT2D eigenvalue weighted by atomic mass is 16.7. The van der Waals surface area contributed by atoms with Gasteiger partial charge >= 0.3 is 11.9 Å². The lowest BCUT2D eigenvalue weighted by Crippen LogP contribution is -2.44. The molecule has 2 unspecified atom stereocenters. The Hall–Kier alpha value is -2.49. The molecule has 0 aromatic carbocycles. The summed E-state index contributed by atoms with van der Waals surface area (Å²) in [6.07, 6.45) is 36.2. The Morgan fingerprint density at radius 2 is 1.02 bits per heavy atom. The van der Waals surface area contributed by atoms with Gasteiger partial charge in [0.25, 0.3) is 0 Å². The number of carbonyl (C=O) groups excluding carboxylic acids is 3. The zero-order valence-corrected chi connectivity index (χ0v) is 34.6. The summed E-state index contributed by atoms with van der Waals surface area (Å²) < 4.78 is 22.4. The minimum absolute atomic E-state index is 0.145. The first kappa shape index (κ1) is 50.5. The summed E-state index contributed by atoms with van der Waals surface area (Å²) in [4.78, 5) is 36.7. The van der Waals surface area contributed by atoms with E-state index in [4.69, 9.17) is 18.9 Å². The van der Waals surface area contributed by atoms with Gasteiger partial charge < -0.3 is 33.3 Å². The molecule has 0 aliphatic rings. The third-order valence-corrected chi connectivity index (χ3v) is 8.89. The van der Waals surface area contributed by atoms with Gasteiger partial charge in [-0.05, 0) is 51.4 Å². The molecule has 0 N–H and O–H groups in total. The summed E-state index contributed by atoms with van der Waals surface area (Å²) >= 11 is 0. The van der Waals surface area contributed by atoms with E-state index < -0.39 is 24.3 Å². The number of aliphatic carboxylic acids is 1. The topological polar surface area (TPSA) is 111 Å². The number of rotatable bonds is 38. The number of unbranched alkanes of at least 4 members (excludes halogenated alkanes) is 17. The molecular weight excluding hydrogens is 670 g/mol. The highest BCUT2D eigenvalue weighted by Crippen LogP contribution is 2.13. The number of hydrogen-bond acceptors (Lipinski definition) is 8. The minimum atomic E-state index is -1.62. The maximum Gasteiger partial charge on any atom is 0.306 e. The lowest BCUT2D eigenvalue weighted by atomic mass is 10.1. The average molecular weight is 750 g/mol. The molecule has 2 atom stereocenters. The van der Waals surface area contributed by atoms with Crippen molar-refractivity contribution in [3.05, 3.63) is 36.5 Å². The lowest BCUT2D eigenvalue weighted by molar-refractivity contribution is -0.870. The molecule has 0 heterocycles. The third kappa shape index (κ3) is 37.6. The summed E-state index contributed by atoms with van der Waals surface area (Å²) in [6, 6.07) is 0. The molecule has 0 amide bonds. The van der Waals surface area contributed by atoms with Crippen LogP contribution in [0.1, 0.15) is 168 Å². The Balaban J connectivity index is 4.38. The van der Waals surface area contributed by atoms with E-state index in [1.54, 1.807) is 0 Å². The van der Waals surface area contributed by atoms with Gasteiger partial charge in [-0.25, -0.2) is 0 Å². The molecule has 0 spiro atoms. The van der Waals surface area contributed by atoms with E-state index in [1.807, 2.05) is 21.1 Å². The Morgan fingerprint density at radius 3 is 1.51 bits per heavy atom. The first-order valence-electron chi connectivity index (χ1n) is 21.1. The van der Waals surface area contributed by atoms with E-state index in [-0.39, 0.29) is 38.6 Å². The van der Waals surface area contributed by atoms with Gasteiger partial charge in [-0.15, -0.1) is 0 Å². The van der Waals surface area contributed by atoms with Crippen LogP contribution >= 0.6 is 0 Å². The molecule has 9 nitrogen and oxygen atoms in total. The predicted molar refractivity (Wildman–Crippen MR) is 214 cm³/mol. The molecule has 0 saturated heterocycles. The second-order valence-corrected chi connectivity index (χ2v) is 15.3. The third-order valence-electron chi connectivity index (χ3n) is 8.89. The lowest BCUT2D eigenvalue weighted by Gasteiger charge is -2.26. The molecule has 0 aliphatic carbocycles. The first-order valence-corrected chi connectivity index (χ1v) is 21.1. The Morgan fingerprint density at radius 1 is 0.566 bits per heavy atom. The number of hydrogen-bond donors (Lipinski definition) is 0. The average Bonchev–Trinajstić information content (AvgIpc) is 3.11. The van der Waals surface area contributed by atoms with Crippen molar-refractivity contribution < 1.29 is 42.9 Å². The number of quaternary nitrogens is 1. The second-order valence-electron chi connectivity index (χ2n) is 15.3. The van der Waals surface area contributed by atoms with Crippen LogP contribution in [-0.4, -0.2) is 82.3 Å². The van der Waals surface area contributed by atoms with Gasteiger partial charge in [0, 0.05) is 12.8 Å². The van der Waals surface area contributed by atoms with Crippen molar-refractivity contribution in [1.82, 2.24) is 0 Å². The Kier molecular flexibility index (Phi) is 34.8. The first-order chi connectivity index (χ1) is 25.6. The number of carboxylic acids is 1. The van der Waals surface area contributed by atoms with Crippen LogP contribution in [-0.2, 0) is 33.3 Å². The molecule has 308 valence electrons. The van der Waals surface area contributed by atoms with E-state index in [2.05, 4.69) is 50.3 Å². The summed E-state index contributed by atoms with van der Waals surface area (Å²) in [5.41, 5.74) is 0. The van der Waals surface area contributed by atoms with Gasteiger partial charge in [0.05, 0.1) is 40.3 Å². The molecule has 53 heavy (non-hydrogen) atoms. The SMILES string of the molecule is CCCCCCC/C=C\C/C=C\C/C=C\CCCCCCCCC(=O)OC(COC(=O)CCCCCCCCC)COC(OCC[N+](C)(C)C)C(=O)[O-]. The summed E-state index contributed by atoms with van der Waals surface area (Å²) in [5.74, 6) is -2.31. The zero-order valence-electron chi connectivity index (χ0n) is 34.6. The molecule has 0 fully saturated rings. The van der Waals surface area contributed by atoms with Crippen molar-refractivity contribution in [3.8, 4) is 0 Å². The van der Waals surface area contributed by atoms with Crippen molar-refractivity contribution >= 4 is 17.9 Å². The summed E-state index contributed by atoms with van der Waals surface area (Å²) in [7, 11) is 5.89. The van der Waals surface area contributed by atoms with Crippen LogP contribution in [0, 0.1) is 0 Å². The van der Waals surface area contributed by atoms with Gasteiger partial charge in [-0.1, -0.05) is 140 Å². The highest BCUT2D eigenvalue weighted by Gasteiger charge is 2.21. The normalized spacial score (nSPS) is 13.3. The molecule has 9 heteroatoms. The standard InChI is InChI=1S/C44H79NO8/c1-6-8-10-12-14-15-16-17-18-19-20-21-22-23-24-25-26-27-29-31-33-35-42(47)53-40(38-51-41(46)34-32-30-28-13-11-9-7-2)39-52-44(43(48)49)50-37-36-45(3,4)5/h16-17,19-20,22-23,40,44H,6-15,18,21,24-39H2,1-5H3/b17-16-,20-19-,23-22-. The molecular formula is C44H79NO8. The van der Waals surface area contributed by atoms with Crippen molar-refractivity contribution in [2.24, 2.45) is 0 Å². The van der Waals surface area contributed by atoms with Gasteiger partial charge in [-0.3, -0.25) is 9.59 Å². The van der Waals surface area contributed by atoms with Gasteiger partial charge in [0.2, 0.25) is 0 Å². The van der Waals surface area contributed by atoms with Crippen LogP contribution in [0.2, 0.25) is 0 Å². The molecule has 0 bridgehead atoms. The minimum Gasteiger partial charge on any atom is -0.545 e. The molecule has 0 saturated carbocycles.